The number of rotatable bonds is 5. The van der Waals surface area contributed by atoms with Gasteiger partial charge < -0.3 is 10.6 Å². The molecule has 4 amide bonds. The van der Waals surface area contributed by atoms with Gasteiger partial charge >= 0.3 is 6.03 Å². The van der Waals surface area contributed by atoms with E-state index in [4.69, 9.17) is 0 Å². The lowest BCUT2D eigenvalue weighted by atomic mass is 9.98. The molecule has 29 heavy (non-hydrogen) atoms. The minimum absolute atomic E-state index is 0.176. The molecule has 3 aliphatic rings. The highest BCUT2D eigenvalue weighted by atomic mass is 32.2. The standard InChI is InChI=1S/C19H24N4O5S/c24-16(13-23-17(25)19(21-18(23)26)9-1-2-10-19)20-14-5-7-15(8-6-14)29(27,28)22-11-3-4-12-22/h5-8H,1-4,9-13H2,(H,20,24)(H,21,26). The maximum Gasteiger partial charge on any atom is 0.325 e. The van der Waals surface area contributed by atoms with Crippen LogP contribution in [0.15, 0.2) is 29.2 Å². The summed E-state index contributed by atoms with van der Waals surface area (Å²) >= 11 is 0. The fraction of sp³-hybridized carbons (Fsp3) is 0.526. The van der Waals surface area contributed by atoms with Crippen LogP contribution in [0.5, 0.6) is 0 Å². The molecule has 3 fully saturated rings. The van der Waals surface area contributed by atoms with E-state index in [1.807, 2.05) is 0 Å². The highest BCUT2D eigenvalue weighted by molar-refractivity contribution is 7.89. The van der Waals surface area contributed by atoms with Crippen LogP contribution in [0.25, 0.3) is 0 Å². The van der Waals surface area contributed by atoms with Gasteiger partial charge in [0.25, 0.3) is 5.91 Å². The lowest BCUT2D eigenvalue weighted by molar-refractivity contribution is -0.133. The Balaban J connectivity index is 1.39. The van der Waals surface area contributed by atoms with Crippen LogP contribution in [0.3, 0.4) is 0 Å². The Kier molecular flexibility index (Phi) is 5.07. The molecular weight excluding hydrogens is 396 g/mol. The number of carbonyl (C=O) groups is 3. The number of hydrogen-bond acceptors (Lipinski definition) is 5. The van der Waals surface area contributed by atoms with E-state index in [2.05, 4.69) is 10.6 Å². The van der Waals surface area contributed by atoms with Crippen LogP contribution >= 0.6 is 0 Å². The first-order valence-electron chi connectivity index (χ1n) is 9.86. The van der Waals surface area contributed by atoms with Gasteiger partial charge in [-0.25, -0.2) is 13.2 Å². The van der Waals surface area contributed by atoms with Crippen molar-refractivity contribution >= 4 is 33.6 Å². The largest absolute Gasteiger partial charge is 0.325 e. The second kappa shape index (κ2) is 7.42. The molecule has 1 aliphatic carbocycles. The van der Waals surface area contributed by atoms with Gasteiger partial charge in [0.05, 0.1) is 4.90 Å². The summed E-state index contributed by atoms with van der Waals surface area (Å²) in [6.07, 6.45) is 4.66. The van der Waals surface area contributed by atoms with Crippen molar-refractivity contribution in [3.8, 4) is 0 Å². The number of nitrogens with zero attached hydrogens (tertiary/aromatic N) is 2. The number of nitrogens with one attached hydrogen (secondary N) is 2. The number of benzene rings is 1. The normalized spacial score (nSPS) is 21.7. The first kappa shape index (κ1) is 19.8. The fourth-order valence-corrected chi connectivity index (χ4v) is 5.79. The van der Waals surface area contributed by atoms with Crippen molar-refractivity contribution in [2.24, 2.45) is 0 Å². The van der Waals surface area contributed by atoms with Crippen molar-refractivity contribution in [2.45, 2.75) is 49.0 Å². The third-order valence-corrected chi connectivity index (χ3v) is 7.76. The molecule has 2 N–H and O–H groups in total. The smallest absolute Gasteiger partial charge is 0.325 e. The summed E-state index contributed by atoms with van der Waals surface area (Å²) in [6.45, 7) is 0.669. The van der Waals surface area contributed by atoms with E-state index < -0.39 is 27.5 Å². The Morgan fingerprint density at radius 2 is 1.66 bits per heavy atom. The number of amides is 4. The summed E-state index contributed by atoms with van der Waals surface area (Å²) < 4.78 is 26.5. The number of anilines is 1. The van der Waals surface area contributed by atoms with Gasteiger partial charge in [0.15, 0.2) is 0 Å². The summed E-state index contributed by atoms with van der Waals surface area (Å²) in [5.74, 6) is -0.860. The highest BCUT2D eigenvalue weighted by Gasteiger charge is 2.52. The van der Waals surface area contributed by atoms with Gasteiger partial charge in [0.2, 0.25) is 15.9 Å². The highest BCUT2D eigenvalue weighted by Crippen LogP contribution is 2.35. The first-order valence-corrected chi connectivity index (χ1v) is 11.3. The van der Waals surface area contributed by atoms with E-state index in [1.165, 1.54) is 28.6 Å². The summed E-state index contributed by atoms with van der Waals surface area (Å²) in [5, 5.41) is 5.35. The number of sulfonamides is 1. The van der Waals surface area contributed by atoms with Gasteiger partial charge in [0.1, 0.15) is 12.1 Å². The molecule has 4 rings (SSSR count). The molecule has 0 unspecified atom stereocenters. The van der Waals surface area contributed by atoms with Gasteiger partial charge in [-0.3, -0.25) is 14.5 Å². The quantitative estimate of drug-likeness (QED) is 0.696. The Bertz CT molecular complexity index is 932. The lowest BCUT2D eigenvalue weighted by Crippen LogP contribution is -2.44. The molecule has 1 saturated carbocycles. The van der Waals surface area contributed by atoms with Crippen LogP contribution in [-0.4, -0.2) is 60.6 Å². The van der Waals surface area contributed by atoms with Crippen molar-refractivity contribution in [3.05, 3.63) is 24.3 Å². The van der Waals surface area contributed by atoms with E-state index >= 15 is 0 Å². The van der Waals surface area contributed by atoms with Gasteiger partial charge in [-0.05, 0) is 49.9 Å². The summed E-state index contributed by atoms with van der Waals surface area (Å²) in [7, 11) is -3.52. The Morgan fingerprint density at radius 1 is 1.03 bits per heavy atom. The fourth-order valence-electron chi connectivity index (χ4n) is 4.27. The minimum atomic E-state index is -3.52. The van der Waals surface area contributed by atoms with Crippen molar-refractivity contribution in [1.82, 2.24) is 14.5 Å². The molecule has 2 heterocycles. The molecule has 2 saturated heterocycles. The number of hydrogen-bond donors (Lipinski definition) is 2. The predicted octanol–water partition coefficient (Wildman–Crippen LogP) is 1.27. The molecule has 10 heteroatoms. The monoisotopic (exact) mass is 420 g/mol. The lowest BCUT2D eigenvalue weighted by Gasteiger charge is -2.19. The maximum atomic E-state index is 12.6. The second-order valence-corrected chi connectivity index (χ2v) is 9.73. The molecular formula is C19H24N4O5S. The van der Waals surface area contributed by atoms with Crippen molar-refractivity contribution in [3.63, 3.8) is 0 Å². The zero-order chi connectivity index (χ0) is 20.6. The average molecular weight is 420 g/mol. The molecule has 0 radical (unpaired) electrons. The molecule has 2 aliphatic heterocycles. The van der Waals surface area contributed by atoms with Gasteiger partial charge in [-0.2, -0.15) is 4.31 Å². The van der Waals surface area contributed by atoms with E-state index in [9.17, 15) is 22.8 Å². The van der Waals surface area contributed by atoms with Crippen LogP contribution in [-0.2, 0) is 19.6 Å². The first-order chi connectivity index (χ1) is 13.8. The Hall–Kier alpha value is -2.46. The third kappa shape index (κ3) is 3.62. The molecule has 0 aromatic heterocycles. The molecule has 156 valence electrons. The zero-order valence-electron chi connectivity index (χ0n) is 16.0. The van der Waals surface area contributed by atoms with Crippen LogP contribution < -0.4 is 10.6 Å². The van der Waals surface area contributed by atoms with Gasteiger partial charge in [0, 0.05) is 18.8 Å². The van der Waals surface area contributed by atoms with Crippen molar-refractivity contribution in [2.75, 3.05) is 25.0 Å². The summed E-state index contributed by atoms with van der Waals surface area (Å²) in [4.78, 5) is 38.2. The number of urea groups is 1. The molecule has 1 spiro atoms. The molecule has 1 aromatic carbocycles. The topological polar surface area (TPSA) is 116 Å². The average Bonchev–Trinajstić information content (AvgIpc) is 3.42. The Morgan fingerprint density at radius 3 is 2.28 bits per heavy atom. The number of imide groups is 1. The maximum absolute atomic E-state index is 12.6. The van der Waals surface area contributed by atoms with E-state index in [0.717, 1.165) is 30.6 Å². The molecule has 0 bridgehead atoms. The van der Waals surface area contributed by atoms with Crippen molar-refractivity contribution in [1.29, 1.82) is 0 Å². The third-order valence-electron chi connectivity index (χ3n) is 5.85. The van der Waals surface area contributed by atoms with E-state index in [-0.39, 0.29) is 17.3 Å². The molecule has 0 atom stereocenters. The minimum Gasteiger partial charge on any atom is -0.325 e. The summed E-state index contributed by atoms with van der Waals surface area (Å²) in [5.41, 5.74) is -0.443. The summed E-state index contributed by atoms with van der Waals surface area (Å²) in [6, 6.07) is 5.37. The van der Waals surface area contributed by atoms with Crippen LogP contribution in [0.1, 0.15) is 38.5 Å². The van der Waals surface area contributed by atoms with Crippen LogP contribution in [0.2, 0.25) is 0 Å². The van der Waals surface area contributed by atoms with Gasteiger partial charge in [-0.1, -0.05) is 12.8 Å². The van der Waals surface area contributed by atoms with Crippen molar-refractivity contribution < 1.29 is 22.8 Å². The van der Waals surface area contributed by atoms with Crippen LogP contribution in [0, 0.1) is 0 Å². The predicted molar refractivity (Wildman–Crippen MR) is 105 cm³/mol. The molecule has 9 nitrogen and oxygen atoms in total. The Labute approximate surface area is 169 Å². The van der Waals surface area contributed by atoms with E-state index in [1.54, 1.807) is 0 Å². The molecule has 1 aromatic rings. The van der Waals surface area contributed by atoms with Crippen LogP contribution in [0.4, 0.5) is 10.5 Å². The second-order valence-electron chi connectivity index (χ2n) is 7.79. The SMILES string of the molecule is O=C(CN1C(=O)NC2(CCCC2)C1=O)Nc1ccc(S(=O)(=O)N2CCCC2)cc1. The number of carbonyl (C=O) groups excluding carboxylic acids is 3. The van der Waals surface area contributed by atoms with Gasteiger partial charge in [-0.15, -0.1) is 0 Å². The zero-order valence-corrected chi connectivity index (χ0v) is 16.8. The van der Waals surface area contributed by atoms with E-state index in [0.29, 0.717) is 31.6 Å².